The van der Waals surface area contributed by atoms with Crippen LogP contribution in [0.5, 0.6) is 0 Å². The summed E-state index contributed by atoms with van der Waals surface area (Å²) in [6, 6.07) is 11.1. The first-order valence-corrected chi connectivity index (χ1v) is 13.1. The van der Waals surface area contributed by atoms with Gasteiger partial charge in [0.05, 0.1) is 29.5 Å². The summed E-state index contributed by atoms with van der Waals surface area (Å²) in [4.78, 5) is 12.9. The molecule has 0 atom stereocenters. The Morgan fingerprint density at radius 3 is 2.74 bits per heavy atom. The molecule has 0 spiro atoms. The molecule has 1 N–H and O–H groups in total. The fraction of sp³-hybridized carbons (Fsp3) is 0.227. The highest BCUT2D eigenvalue weighted by molar-refractivity contribution is 7.99. The van der Waals surface area contributed by atoms with Gasteiger partial charge >= 0.3 is 0 Å². The molecule has 0 aliphatic carbocycles. The van der Waals surface area contributed by atoms with Crippen LogP contribution >= 0.6 is 23.4 Å². The predicted octanol–water partition coefficient (Wildman–Crippen LogP) is 3.94. The highest BCUT2D eigenvalue weighted by atomic mass is 35.5. The lowest BCUT2D eigenvalue weighted by Gasteiger charge is -2.26. The first-order chi connectivity index (χ1) is 16.4. The topological polar surface area (TPSA) is 115 Å². The largest absolute Gasteiger partial charge is 0.411 e. The molecule has 178 valence electrons. The van der Waals surface area contributed by atoms with E-state index in [1.165, 1.54) is 34.3 Å². The number of aromatic nitrogens is 2. The molecule has 3 aromatic rings. The number of nitrogens with one attached hydrogen (secondary N) is 1. The van der Waals surface area contributed by atoms with E-state index in [9.17, 15) is 13.2 Å². The van der Waals surface area contributed by atoms with E-state index in [0.717, 1.165) is 0 Å². The van der Waals surface area contributed by atoms with Crippen molar-refractivity contribution in [1.82, 2.24) is 14.5 Å². The molecule has 2 aromatic carbocycles. The molecule has 0 radical (unpaired) electrons. The molecule has 1 saturated heterocycles. The summed E-state index contributed by atoms with van der Waals surface area (Å²) < 4.78 is 38.4. The molecule has 0 unspecified atom stereocenters. The van der Waals surface area contributed by atoms with Crippen molar-refractivity contribution >= 4 is 45.0 Å². The van der Waals surface area contributed by atoms with Crippen molar-refractivity contribution in [2.45, 2.75) is 10.1 Å². The Bertz CT molecular complexity index is 1310. The lowest BCUT2D eigenvalue weighted by molar-refractivity contribution is 0.0730. The van der Waals surface area contributed by atoms with E-state index in [1.807, 2.05) is 0 Å². The van der Waals surface area contributed by atoms with Crippen LogP contribution in [-0.2, 0) is 14.8 Å². The lowest BCUT2D eigenvalue weighted by Crippen LogP contribution is -2.40. The summed E-state index contributed by atoms with van der Waals surface area (Å²) >= 11 is 7.55. The summed E-state index contributed by atoms with van der Waals surface area (Å²) in [5.74, 6) is 0.351. The van der Waals surface area contributed by atoms with Crippen molar-refractivity contribution in [2.75, 3.05) is 37.4 Å². The van der Waals surface area contributed by atoms with Crippen LogP contribution in [0.15, 0.2) is 69.7 Å². The summed E-state index contributed by atoms with van der Waals surface area (Å²) in [5.41, 5.74) is 1.10. The molecular formula is C22H21ClN4O5S2. The van der Waals surface area contributed by atoms with Crippen LogP contribution in [0.3, 0.4) is 0 Å². The monoisotopic (exact) mass is 520 g/mol. The number of ether oxygens (including phenoxy) is 1. The molecule has 2 heterocycles. The Morgan fingerprint density at radius 1 is 1.21 bits per heavy atom. The van der Waals surface area contributed by atoms with E-state index in [-0.39, 0.29) is 34.5 Å². The Morgan fingerprint density at radius 2 is 1.97 bits per heavy atom. The summed E-state index contributed by atoms with van der Waals surface area (Å²) in [6.45, 7) is 4.71. The normalized spacial score (nSPS) is 14.6. The number of amides is 1. The van der Waals surface area contributed by atoms with Gasteiger partial charge in [-0.1, -0.05) is 41.6 Å². The molecule has 1 amide bonds. The molecule has 12 heteroatoms. The van der Waals surface area contributed by atoms with E-state index in [1.54, 1.807) is 30.3 Å². The number of thioether (sulfide) groups is 1. The number of para-hydroxylation sites is 1. The molecule has 1 fully saturated rings. The zero-order valence-electron chi connectivity index (χ0n) is 17.9. The maximum atomic E-state index is 13.1. The molecule has 34 heavy (non-hydrogen) atoms. The summed E-state index contributed by atoms with van der Waals surface area (Å²) in [6.07, 6.45) is 1.72. The average Bonchev–Trinajstić information content (AvgIpc) is 3.32. The summed E-state index contributed by atoms with van der Waals surface area (Å²) in [7, 11) is -3.88. The van der Waals surface area contributed by atoms with E-state index >= 15 is 0 Å². The number of hydrogen-bond acceptors (Lipinski definition) is 8. The Hall–Kier alpha value is -2.70. The third kappa shape index (κ3) is 5.34. The minimum atomic E-state index is -3.88. The molecule has 0 bridgehead atoms. The van der Waals surface area contributed by atoms with Gasteiger partial charge in [-0.2, -0.15) is 4.31 Å². The van der Waals surface area contributed by atoms with Crippen LogP contribution in [0.1, 0.15) is 10.4 Å². The van der Waals surface area contributed by atoms with Crippen LogP contribution in [0.25, 0.3) is 11.5 Å². The van der Waals surface area contributed by atoms with Crippen molar-refractivity contribution in [1.29, 1.82) is 0 Å². The van der Waals surface area contributed by atoms with Crippen molar-refractivity contribution < 1.29 is 22.4 Å². The van der Waals surface area contributed by atoms with Gasteiger partial charge < -0.3 is 14.5 Å². The average molecular weight is 521 g/mol. The third-order valence-electron chi connectivity index (χ3n) is 4.92. The summed E-state index contributed by atoms with van der Waals surface area (Å²) in [5, 5.41) is 11.3. The number of benzene rings is 2. The predicted molar refractivity (Wildman–Crippen MR) is 130 cm³/mol. The van der Waals surface area contributed by atoms with E-state index in [2.05, 4.69) is 22.1 Å². The number of sulfonamides is 1. The molecule has 4 rings (SSSR count). The standard InChI is InChI=1S/C22H21ClN4O5S2/c1-2-13-33-22-26-25-21(32-22)16-5-3-4-6-18(16)24-20(28)15-7-8-17(23)19(14-15)34(29,30)27-9-11-31-12-10-27/h2-8,14H,1,9-13H2,(H,24,28). The van der Waals surface area contributed by atoms with Gasteiger partial charge in [-0.05, 0) is 30.3 Å². The minimum Gasteiger partial charge on any atom is -0.411 e. The van der Waals surface area contributed by atoms with Gasteiger partial charge in [0.1, 0.15) is 4.90 Å². The van der Waals surface area contributed by atoms with Crippen LogP contribution in [-0.4, -0.2) is 60.9 Å². The SMILES string of the molecule is C=CCSc1nnc(-c2ccccc2NC(=O)c2ccc(Cl)c(S(=O)(=O)N3CCOCC3)c2)o1. The van der Waals surface area contributed by atoms with Gasteiger partial charge in [-0.25, -0.2) is 8.42 Å². The van der Waals surface area contributed by atoms with E-state index in [0.29, 0.717) is 35.4 Å². The number of morpholine rings is 1. The second kappa shape index (κ2) is 10.7. The maximum Gasteiger partial charge on any atom is 0.277 e. The van der Waals surface area contributed by atoms with Gasteiger partial charge in [0.2, 0.25) is 10.0 Å². The van der Waals surface area contributed by atoms with Crippen molar-refractivity contribution in [3.8, 4) is 11.5 Å². The highest BCUT2D eigenvalue weighted by Crippen LogP contribution is 2.31. The van der Waals surface area contributed by atoms with Crippen LogP contribution in [0.4, 0.5) is 5.69 Å². The number of halogens is 1. The van der Waals surface area contributed by atoms with Crippen molar-refractivity contribution in [2.24, 2.45) is 0 Å². The Labute approximate surface area is 206 Å². The van der Waals surface area contributed by atoms with Gasteiger partial charge in [0, 0.05) is 24.4 Å². The van der Waals surface area contributed by atoms with Gasteiger partial charge in [0.15, 0.2) is 0 Å². The quantitative estimate of drug-likeness (QED) is 0.351. The van der Waals surface area contributed by atoms with Crippen LogP contribution < -0.4 is 5.32 Å². The Balaban J connectivity index is 1.59. The first kappa shape index (κ1) is 24.4. The number of hydrogen-bond donors (Lipinski definition) is 1. The first-order valence-electron chi connectivity index (χ1n) is 10.3. The third-order valence-corrected chi connectivity index (χ3v) is 8.11. The lowest BCUT2D eigenvalue weighted by atomic mass is 10.1. The zero-order valence-corrected chi connectivity index (χ0v) is 20.3. The maximum absolute atomic E-state index is 13.1. The highest BCUT2D eigenvalue weighted by Gasteiger charge is 2.29. The van der Waals surface area contributed by atoms with Crippen molar-refractivity contribution in [3.63, 3.8) is 0 Å². The molecular weight excluding hydrogens is 500 g/mol. The van der Waals surface area contributed by atoms with Crippen LogP contribution in [0, 0.1) is 0 Å². The van der Waals surface area contributed by atoms with Crippen molar-refractivity contribution in [3.05, 3.63) is 65.7 Å². The molecule has 0 saturated carbocycles. The number of rotatable bonds is 8. The smallest absolute Gasteiger partial charge is 0.277 e. The van der Waals surface area contributed by atoms with E-state index < -0.39 is 15.9 Å². The van der Waals surface area contributed by atoms with Gasteiger partial charge in [0.25, 0.3) is 17.0 Å². The molecule has 1 aromatic heterocycles. The number of carbonyl (C=O) groups excluding carboxylic acids is 1. The van der Waals surface area contributed by atoms with Gasteiger partial charge in [-0.3, -0.25) is 4.79 Å². The number of anilines is 1. The fourth-order valence-electron chi connectivity index (χ4n) is 3.25. The fourth-order valence-corrected chi connectivity index (χ4v) is 5.65. The zero-order chi connectivity index (χ0) is 24.1. The van der Waals surface area contributed by atoms with Crippen LogP contribution in [0.2, 0.25) is 5.02 Å². The second-order valence-electron chi connectivity index (χ2n) is 7.13. The van der Waals surface area contributed by atoms with Gasteiger partial charge in [-0.15, -0.1) is 16.8 Å². The molecule has 1 aliphatic heterocycles. The Kier molecular flexibility index (Phi) is 7.69. The minimum absolute atomic E-state index is 0.0406. The second-order valence-corrected chi connectivity index (χ2v) is 10.4. The molecule has 1 aliphatic rings. The number of carbonyl (C=O) groups is 1. The van der Waals surface area contributed by atoms with E-state index in [4.69, 9.17) is 20.8 Å². The number of nitrogens with zero attached hydrogens (tertiary/aromatic N) is 3. The molecule has 9 nitrogen and oxygen atoms in total.